The lowest BCUT2D eigenvalue weighted by molar-refractivity contribution is -0.137. The molecule has 3 aromatic carbocycles. The molecule has 0 saturated heterocycles. The molecule has 0 spiro atoms. The Kier molecular flexibility index (Phi) is 5.63. The lowest BCUT2D eigenvalue weighted by Gasteiger charge is -2.17. The highest BCUT2D eigenvalue weighted by Crippen LogP contribution is 2.39. The fraction of sp³-hybridized carbons (Fsp3) is 0.0800. The number of nitrogens with one attached hydrogen (secondary N) is 3. The van der Waals surface area contributed by atoms with Crippen molar-refractivity contribution in [2.24, 2.45) is 0 Å². The molecule has 0 bridgehead atoms. The van der Waals surface area contributed by atoms with Crippen molar-refractivity contribution in [2.75, 3.05) is 4.72 Å². The van der Waals surface area contributed by atoms with Gasteiger partial charge < -0.3 is 9.97 Å². The zero-order valence-corrected chi connectivity index (χ0v) is 19.8. The highest BCUT2D eigenvalue weighted by atomic mass is 32.2. The molecule has 8 nitrogen and oxygen atoms in total. The number of aromatic amines is 2. The van der Waals surface area contributed by atoms with Gasteiger partial charge in [0.05, 0.1) is 27.0 Å². The number of fused-ring (bicyclic) bond motifs is 2. The molecule has 12 heteroatoms. The minimum absolute atomic E-state index is 0.0480. The van der Waals surface area contributed by atoms with Crippen molar-refractivity contribution in [1.29, 1.82) is 0 Å². The summed E-state index contributed by atoms with van der Waals surface area (Å²) in [6.07, 6.45) is -3.24. The number of benzene rings is 3. The molecule has 0 aliphatic heterocycles. The lowest BCUT2D eigenvalue weighted by atomic mass is 9.97. The van der Waals surface area contributed by atoms with Gasteiger partial charge in [0.25, 0.3) is 10.0 Å². The van der Waals surface area contributed by atoms with E-state index in [9.17, 15) is 31.2 Å². The van der Waals surface area contributed by atoms with Gasteiger partial charge in [0.1, 0.15) is 0 Å². The Morgan fingerprint density at radius 3 is 2.30 bits per heavy atom. The molecule has 0 aliphatic rings. The Morgan fingerprint density at radius 2 is 1.59 bits per heavy atom. The van der Waals surface area contributed by atoms with Crippen molar-refractivity contribution in [2.45, 2.75) is 18.0 Å². The third-order valence-electron chi connectivity index (χ3n) is 5.80. The van der Waals surface area contributed by atoms with Gasteiger partial charge >= 0.3 is 17.3 Å². The van der Waals surface area contributed by atoms with Gasteiger partial charge in [0.2, 0.25) is 0 Å². The van der Waals surface area contributed by atoms with Crippen LogP contribution in [0.25, 0.3) is 33.1 Å². The van der Waals surface area contributed by atoms with Crippen LogP contribution in [0.2, 0.25) is 0 Å². The average Bonchev–Trinajstić information content (AvgIpc) is 2.83. The quantitative estimate of drug-likeness (QED) is 0.296. The van der Waals surface area contributed by atoms with E-state index in [1.54, 1.807) is 24.3 Å². The fourth-order valence-electron chi connectivity index (χ4n) is 4.08. The van der Waals surface area contributed by atoms with Gasteiger partial charge in [-0.1, -0.05) is 24.3 Å². The minimum Gasteiger partial charge on any atom is -0.316 e. The van der Waals surface area contributed by atoms with E-state index in [-0.39, 0.29) is 38.3 Å². The highest BCUT2D eigenvalue weighted by molar-refractivity contribution is 7.92. The number of H-pyrrole nitrogens is 2. The zero-order valence-electron chi connectivity index (χ0n) is 19.0. The molecule has 0 unspecified atom stereocenters. The molecule has 0 saturated carbocycles. The average molecular weight is 526 g/mol. The summed E-state index contributed by atoms with van der Waals surface area (Å²) in [5.41, 5.74) is -2.08. The number of aromatic nitrogens is 3. The molecule has 2 heterocycles. The van der Waals surface area contributed by atoms with Gasteiger partial charge in [-0.2, -0.15) is 13.2 Å². The van der Waals surface area contributed by atoms with E-state index >= 15 is 0 Å². The van der Waals surface area contributed by atoms with E-state index in [1.165, 1.54) is 37.4 Å². The SMILES string of the molecule is Cc1cc2[nH]c(=O)c(=O)[nH]c2cc1S(=O)(=O)Nc1ccc(-c2ccc3cccnc3c2)c(C(F)(F)F)c1. The van der Waals surface area contributed by atoms with Crippen LogP contribution in [0.3, 0.4) is 0 Å². The predicted molar refractivity (Wildman–Crippen MR) is 133 cm³/mol. The Balaban J connectivity index is 1.57. The Hall–Kier alpha value is -4.45. The monoisotopic (exact) mass is 526 g/mol. The maximum Gasteiger partial charge on any atom is 0.417 e. The number of anilines is 1. The number of rotatable bonds is 4. The van der Waals surface area contributed by atoms with E-state index in [4.69, 9.17) is 0 Å². The summed E-state index contributed by atoms with van der Waals surface area (Å²) >= 11 is 0. The summed E-state index contributed by atoms with van der Waals surface area (Å²) in [6.45, 7) is 1.45. The summed E-state index contributed by atoms with van der Waals surface area (Å²) in [7, 11) is -4.37. The van der Waals surface area contributed by atoms with Crippen molar-refractivity contribution < 1.29 is 21.6 Å². The smallest absolute Gasteiger partial charge is 0.316 e. The Labute approximate surface area is 206 Å². The molecular weight excluding hydrogens is 509 g/mol. The summed E-state index contributed by atoms with van der Waals surface area (Å²) in [4.78, 5) is 31.7. The number of aryl methyl sites for hydroxylation is 1. The van der Waals surface area contributed by atoms with E-state index in [0.29, 0.717) is 5.52 Å². The summed E-state index contributed by atoms with van der Waals surface area (Å²) in [5.74, 6) is 0. The van der Waals surface area contributed by atoms with Crippen LogP contribution in [0.5, 0.6) is 0 Å². The molecule has 0 radical (unpaired) electrons. The first-order chi connectivity index (χ1) is 17.4. The molecule has 188 valence electrons. The van der Waals surface area contributed by atoms with E-state index < -0.39 is 32.9 Å². The summed E-state index contributed by atoms with van der Waals surface area (Å²) in [6, 6.07) is 13.9. The van der Waals surface area contributed by atoms with Crippen LogP contribution in [0, 0.1) is 6.92 Å². The van der Waals surface area contributed by atoms with Crippen LogP contribution in [-0.4, -0.2) is 23.4 Å². The maximum atomic E-state index is 14.0. The molecule has 5 rings (SSSR count). The van der Waals surface area contributed by atoms with E-state index in [1.807, 2.05) is 0 Å². The van der Waals surface area contributed by atoms with Crippen molar-refractivity contribution >= 4 is 37.6 Å². The second-order valence-electron chi connectivity index (χ2n) is 8.35. The van der Waals surface area contributed by atoms with Crippen LogP contribution in [-0.2, 0) is 16.2 Å². The number of halogens is 3. The normalized spacial score (nSPS) is 12.2. The lowest BCUT2D eigenvalue weighted by Crippen LogP contribution is -2.29. The largest absolute Gasteiger partial charge is 0.417 e. The number of hydrogen-bond donors (Lipinski definition) is 3. The van der Waals surface area contributed by atoms with Crippen LogP contribution in [0.15, 0.2) is 81.3 Å². The first kappa shape index (κ1) is 24.3. The fourth-order valence-corrected chi connectivity index (χ4v) is 5.38. The zero-order chi connectivity index (χ0) is 26.5. The van der Waals surface area contributed by atoms with E-state index in [2.05, 4.69) is 19.7 Å². The van der Waals surface area contributed by atoms with Crippen molar-refractivity contribution in [3.05, 3.63) is 98.7 Å². The van der Waals surface area contributed by atoms with Crippen LogP contribution >= 0.6 is 0 Å². The molecule has 3 N–H and O–H groups in total. The van der Waals surface area contributed by atoms with Crippen molar-refractivity contribution in [3.63, 3.8) is 0 Å². The minimum atomic E-state index is -4.78. The van der Waals surface area contributed by atoms with Crippen molar-refractivity contribution in [3.8, 4) is 11.1 Å². The number of alkyl halides is 3. The Bertz CT molecular complexity index is 1930. The van der Waals surface area contributed by atoms with Gasteiger partial charge in [-0.15, -0.1) is 0 Å². The molecule has 2 aromatic heterocycles. The molecular formula is C25H17F3N4O4S. The molecule has 0 atom stereocenters. The van der Waals surface area contributed by atoms with Crippen LogP contribution in [0.1, 0.15) is 11.1 Å². The molecule has 0 fully saturated rings. The van der Waals surface area contributed by atoms with Crippen molar-refractivity contribution in [1.82, 2.24) is 15.0 Å². The van der Waals surface area contributed by atoms with Crippen LogP contribution < -0.4 is 15.8 Å². The van der Waals surface area contributed by atoms with Gasteiger partial charge in [-0.25, -0.2) is 8.42 Å². The second kappa shape index (κ2) is 8.59. The van der Waals surface area contributed by atoms with Gasteiger partial charge in [0, 0.05) is 17.3 Å². The molecule has 5 aromatic rings. The standard InChI is InChI=1S/C25H17F3N4O4S/c1-13-9-20-21(31-24(34)23(33)30-20)12-22(13)37(35,36)32-16-6-7-17(18(11-16)25(26,27)28)15-5-4-14-3-2-8-29-19(14)10-15/h2-12,32H,1H3,(H,30,33)(H,31,34). The van der Waals surface area contributed by atoms with Gasteiger partial charge in [0.15, 0.2) is 0 Å². The first-order valence-corrected chi connectivity index (χ1v) is 12.3. The summed E-state index contributed by atoms with van der Waals surface area (Å²) in [5, 5.41) is 0.764. The summed E-state index contributed by atoms with van der Waals surface area (Å²) < 4.78 is 70.5. The Morgan fingerprint density at radius 1 is 0.892 bits per heavy atom. The third kappa shape index (κ3) is 4.58. The maximum absolute atomic E-state index is 14.0. The van der Waals surface area contributed by atoms with Gasteiger partial charge in [-0.3, -0.25) is 19.3 Å². The number of sulfonamides is 1. The number of pyridine rings is 1. The number of nitrogens with zero attached hydrogens (tertiary/aromatic N) is 1. The van der Waals surface area contributed by atoms with Crippen LogP contribution in [0.4, 0.5) is 18.9 Å². The molecule has 0 aliphatic carbocycles. The molecule has 37 heavy (non-hydrogen) atoms. The highest BCUT2D eigenvalue weighted by Gasteiger charge is 2.34. The second-order valence-corrected chi connectivity index (χ2v) is 10.00. The predicted octanol–water partition coefficient (Wildman–Crippen LogP) is 4.56. The molecule has 0 amide bonds. The van der Waals surface area contributed by atoms with E-state index in [0.717, 1.165) is 17.5 Å². The topological polar surface area (TPSA) is 125 Å². The van der Waals surface area contributed by atoms with Gasteiger partial charge in [-0.05, 0) is 60.0 Å². The third-order valence-corrected chi connectivity index (χ3v) is 7.32. The number of hydrogen-bond acceptors (Lipinski definition) is 5. The first-order valence-electron chi connectivity index (χ1n) is 10.8.